The molecule has 5 unspecified atom stereocenters. The number of phosphoric ester groups is 2. The van der Waals surface area contributed by atoms with Gasteiger partial charge in [0.2, 0.25) is 0 Å². The number of esters is 2. The lowest BCUT2D eigenvalue weighted by atomic mass is 9.85. The van der Waals surface area contributed by atoms with Crippen LogP contribution in [0.15, 0.2) is 72.9 Å². The number of unbranched alkanes of at least 4 members (excludes halogenated alkanes) is 14. The van der Waals surface area contributed by atoms with Gasteiger partial charge in [0, 0.05) is 12.8 Å². The third-order valence-electron chi connectivity index (χ3n) is 10.8. The molecule has 1 rings (SSSR count). The predicted octanol–water partition coefficient (Wildman–Crippen LogP) is 8.59. The molecule has 17 nitrogen and oxygen atoms in total. The highest BCUT2D eigenvalue weighted by molar-refractivity contribution is 7.47. The summed E-state index contributed by atoms with van der Waals surface area (Å²) in [5.41, 5.74) is 0. The molecule has 1 aliphatic rings. The number of hydrogen-bond donors (Lipinski definition) is 8. The number of ether oxygens (including phenoxy) is 2. The topological polar surface area (TPSA) is 276 Å². The normalized spacial score (nSPS) is 22.3. The lowest BCUT2D eigenvalue weighted by molar-refractivity contribution is -0.216. The zero-order chi connectivity index (χ0) is 50.5. The lowest BCUT2D eigenvalue weighted by Gasteiger charge is -2.43. The van der Waals surface area contributed by atoms with Gasteiger partial charge in [0.25, 0.3) is 0 Å². The Morgan fingerprint density at radius 2 is 1.04 bits per heavy atom. The van der Waals surface area contributed by atoms with Crippen molar-refractivity contribution in [3.05, 3.63) is 72.9 Å². The number of aliphatic hydroxyl groups excluding tert-OH is 5. The molecule has 1 aliphatic carbocycles. The first-order valence-electron chi connectivity index (χ1n) is 24.6. The van der Waals surface area contributed by atoms with Crippen LogP contribution in [0.1, 0.15) is 162 Å². The molecule has 68 heavy (non-hydrogen) atoms. The van der Waals surface area contributed by atoms with E-state index < -0.39 is 89.6 Å². The van der Waals surface area contributed by atoms with Crippen molar-refractivity contribution in [2.45, 2.75) is 210 Å². The Kier molecular flexibility index (Phi) is 36.4. The summed E-state index contributed by atoms with van der Waals surface area (Å²) in [4.78, 5) is 54.3. The number of phosphoric acid groups is 2. The van der Waals surface area contributed by atoms with Gasteiger partial charge in [-0.2, -0.15) is 0 Å². The van der Waals surface area contributed by atoms with Crippen LogP contribution < -0.4 is 0 Å². The molecule has 0 bridgehead atoms. The van der Waals surface area contributed by atoms with Crippen molar-refractivity contribution >= 4 is 27.6 Å². The molecule has 0 aromatic rings. The summed E-state index contributed by atoms with van der Waals surface area (Å²) in [7, 11) is -10.7. The average Bonchev–Trinajstić information content (AvgIpc) is 3.29. The maximum atomic E-state index is 13.0. The van der Waals surface area contributed by atoms with E-state index in [1.54, 1.807) is 12.2 Å². The molecular formula is C49H84O17P2. The minimum absolute atomic E-state index is 0.00776. The van der Waals surface area contributed by atoms with Crippen molar-refractivity contribution in [1.82, 2.24) is 0 Å². The highest BCUT2D eigenvalue weighted by atomic mass is 31.2. The van der Waals surface area contributed by atoms with E-state index in [1.165, 1.54) is 32.1 Å². The summed E-state index contributed by atoms with van der Waals surface area (Å²) in [6, 6.07) is 0. The van der Waals surface area contributed by atoms with E-state index in [1.807, 2.05) is 30.4 Å². The van der Waals surface area contributed by atoms with Gasteiger partial charge >= 0.3 is 27.6 Å². The van der Waals surface area contributed by atoms with E-state index in [-0.39, 0.29) is 12.8 Å². The molecule has 392 valence electrons. The van der Waals surface area contributed by atoms with Gasteiger partial charge in [-0.05, 0) is 77.0 Å². The van der Waals surface area contributed by atoms with Crippen LogP contribution in [0.4, 0.5) is 0 Å². The first-order chi connectivity index (χ1) is 32.5. The third kappa shape index (κ3) is 33.1. The fourth-order valence-corrected chi connectivity index (χ4v) is 8.49. The molecule has 0 aliphatic heterocycles. The second-order valence-corrected chi connectivity index (χ2v) is 19.6. The van der Waals surface area contributed by atoms with E-state index in [0.717, 1.165) is 70.6 Å². The number of rotatable bonds is 40. The Hall–Kier alpha value is -2.60. The van der Waals surface area contributed by atoms with Crippen LogP contribution >= 0.6 is 15.6 Å². The Balaban J connectivity index is 2.65. The second kappa shape index (κ2) is 39.1. The molecule has 19 heteroatoms. The fourth-order valence-electron chi connectivity index (χ4n) is 6.96. The van der Waals surface area contributed by atoms with Crippen molar-refractivity contribution in [2.75, 3.05) is 13.2 Å². The Bertz CT molecular complexity index is 1610. The second-order valence-electron chi connectivity index (χ2n) is 17.0. The van der Waals surface area contributed by atoms with Crippen LogP contribution in [0.5, 0.6) is 0 Å². The van der Waals surface area contributed by atoms with Crippen molar-refractivity contribution in [1.29, 1.82) is 0 Å². The third-order valence-corrected chi connectivity index (χ3v) is 12.3. The maximum absolute atomic E-state index is 13.0. The summed E-state index contributed by atoms with van der Waals surface area (Å²) < 4.78 is 49.3. The Labute approximate surface area is 404 Å². The average molecular weight is 1010 g/mol. The molecule has 0 aromatic heterocycles. The molecule has 0 radical (unpaired) electrons. The minimum atomic E-state index is -5.38. The smallest absolute Gasteiger partial charge is 0.462 e. The summed E-state index contributed by atoms with van der Waals surface area (Å²) in [5.74, 6) is -1.32. The molecule has 0 saturated heterocycles. The highest BCUT2D eigenvalue weighted by Crippen LogP contribution is 2.49. The van der Waals surface area contributed by atoms with Gasteiger partial charge in [-0.15, -0.1) is 0 Å². The van der Waals surface area contributed by atoms with Crippen LogP contribution in [-0.4, -0.2) is 114 Å². The van der Waals surface area contributed by atoms with Gasteiger partial charge < -0.3 is 49.7 Å². The number of allylic oxidation sites excluding steroid dienone is 10. The summed E-state index contributed by atoms with van der Waals surface area (Å²) >= 11 is 0. The van der Waals surface area contributed by atoms with Gasteiger partial charge in [-0.25, -0.2) is 9.13 Å². The number of hydrogen-bond acceptors (Lipinski definition) is 14. The van der Waals surface area contributed by atoms with Crippen molar-refractivity contribution in [2.24, 2.45) is 0 Å². The molecule has 0 amide bonds. The van der Waals surface area contributed by atoms with Crippen LogP contribution in [0.3, 0.4) is 0 Å². The summed E-state index contributed by atoms with van der Waals surface area (Å²) in [6.45, 7) is 2.93. The zero-order valence-corrected chi connectivity index (χ0v) is 42.2. The highest BCUT2D eigenvalue weighted by Gasteiger charge is 2.54. The van der Waals surface area contributed by atoms with Crippen molar-refractivity contribution < 1.29 is 82.0 Å². The number of carbonyl (C=O) groups excluding carboxylic acids is 2. The molecule has 9 atom stereocenters. The van der Waals surface area contributed by atoms with Gasteiger partial charge in [-0.1, -0.05) is 145 Å². The summed E-state index contributed by atoms with van der Waals surface area (Å²) in [6.07, 6.45) is 28.8. The lowest BCUT2D eigenvalue weighted by Crippen LogP contribution is -2.64. The molecule has 8 N–H and O–H groups in total. The molecule has 1 fully saturated rings. The first-order valence-corrected chi connectivity index (χ1v) is 27.6. The Morgan fingerprint density at radius 1 is 0.544 bits per heavy atom. The van der Waals surface area contributed by atoms with Crippen LogP contribution in [0.25, 0.3) is 0 Å². The predicted molar refractivity (Wildman–Crippen MR) is 261 cm³/mol. The van der Waals surface area contributed by atoms with Gasteiger partial charge in [-0.3, -0.25) is 23.2 Å². The SMILES string of the molecule is CCCCC/C=C\C/C=C\CCCCCCCCCC(=O)O[C@H](COC(=O)CCC/C=C\C/C=C\C=C\[C@H](O)C/C=C\CCCCC)COP(=O)(O)O[C@H]1C(O)C(O)C(O)[C@@H](OP(=O)(O)O)C1O. The van der Waals surface area contributed by atoms with Gasteiger partial charge in [0.15, 0.2) is 6.10 Å². The van der Waals surface area contributed by atoms with Crippen LogP contribution in [0.2, 0.25) is 0 Å². The van der Waals surface area contributed by atoms with E-state index >= 15 is 0 Å². The number of aliphatic hydroxyl groups is 5. The first kappa shape index (κ1) is 63.4. The van der Waals surface area contributed by atoms with E-state index in [0.29, 0.717) is 32.1 Å². The van der Waals surface area contributed by atoms with Crippen molar-refractivity contribution in [3.8, 4) is 0 Å². The van der Waals surface area contributed by atoms with E-state index in [9.17, 15) is 58.9 Å². The quantitative estimate of drug-likeness (QED) is 0.00938. The fraction of sp³-hybridized carbons (Fsp3) is 0.714. The molecule has 1 saturated carbocycles. The maximum Gasteiger partial charge on any atom is 0.472 e. The molecule has 0 aromatic carbocycles. The zero-order valence-electron chi connectivity index (χ0n) is 40.4. The standard InChI is InChI=1S/C49H84O17P2/c1-3-5-7-9-11-12-13-14-15-16-17-18-19-20-25-29-33-37-43(52)64-41(39-63-68(60,61)66-49-46(55)44(53)45(54)48(47(49)56)65-67(57,58)59)38-62-42(51)36-32-28-24-22-21-23-27-31-35-40(50)34-30-26-10-8-6-4-2/h11-12,14-15,22-24,26-27,30-31,35,40-41,44-50,53-56H,3-10,13,16-21,25,28-29,32-34,36-39H2,1-2H3,(H,60,61)(H2,57,58,59)/b12-11-,15-14-,24-22-,27-23-,30-26-,35-31+/t40-,41-,44?,45?,46?,47?,48-,49+/m1/s1. The van der Waals surface area contributed by atoms with E-state index in [4.69, 9.17) is 18.5 Å². The molecule has 0 spiro atoms. The number of carbonyl (C=O) groups is 2. The largest absolute Gasteiger partial charge is 0.472 e. The summed E-state index contributed by atoms with van der Waals surface area (Å²) in [5, 5.41) is 51.3. The van der Waals surface area contributed by atoms with Crippen molar-refractivity contribution in [3.63, 3.8) is 0 Å². The monoisotopic (exact) mass is 1010 g/mol. The minimum Gasteiger partial charge on any atom is -0.462 e. The van der Waals surface area contributed by atoms with Gasteiger partial charge in [0.05, 0.1) is 12.7 Å². The van der Waals surface area contributed by atoms with Crippen LogP contribution in [-0.2, 0) is 41.8 Å². The van der Waals surface area contributed by atoms with Crippen LogP contribution in [0, 0.1) is 0 Å². The Morgan fingerprint density at radius 3 is 1.63 bits per heavy atom. The molecule has 0 heterocycles. The van der Waals surface area contributed by atoms with Gasteiger partial charge in [0.1, 0.15) is 43.2 Å². The van der Waals surface area contributed by atoms with E-state index in [2.05, 4.69) is 48.8 Å². The molecular weight excluding hydrogens is 922 g/mol.